The Morgan fingerprint density at radius 2 is 0.861 bits per heavy atom. The number of hydrogen-bond acceptors (Lipinski definition) is 16. The number of hydrogen-bond donors (Lipinski definition) is 4. The van der Waals surface area contributed by atoms with Gasteiger partial charge in [0.25, 0.3) is 0 Å². The van der Waals surface area contributed by atoms with Crippen LogP contribution in [0, 0.1) is 45.3 Å². The van der Waals surface area contributed by atoms with Crippen molar-refractivity contribution >= 4 is 133 Å². The van der Waals surface area contributed by atoms with Crippen LogP contribution in [0.1, 0.15) is 169 Å². The number of ether oxygens (including phenoxy) is 1. The van der Waals surface area contributed by atoms with Crippen molar-refractivity contribution in [3.05, 3.63) is 259 Å². The number of pyridine rings is 5. The highest BCUT2D eigenvalue weighted by Gasteiger charge is 2.51. The first-order valence-corrected chi connectivity index (χ1v) is 35.8. The quantitative estimate of drug-likeness (QED) is 0.0619. The summed E-state index contributed by atoms with van der Waals surface area (Å²) in [7, 11) is 4.48. The van der Waals surface area contributed by atoms with E-state index in [-0.39, 0.29) is 61.4 Å². The Balaban J connectivity index is 0.000000370. The lowest BCUT2D eigenvalue weighted by Crippen LogP contribution is -2.41. The van der Waals surface area contributed by atoms with Crippen molar-refractivity contribution in [1.82, 2.24) is 24.9 Å². The first kappa shape index (κ1) is 90.6. The van der Waals surface area contributed by atoms with Crippen molar-refractivity contribution in [3.63, 3.8) is 0 Å². The fourth-order valence-corrected chi connectivity index (χ4v) is 12.0. The lowest BCUT2D eigenvalue weighted by Gasteiger charge is -2.32. The first-order chi connectivity index (χ1) is 49.9. The lowest BCUT2D eigenvalue weighted by molar-refractivity contribution is 0.00578. The first-order valence-electron chi connectivity index (χ1n) is 33.7. The van der Waals surface area contributed by atoms with Crippen molar-refractivity contribution in [3.8, 4) is 41.2 Å². The number of aliphatic hydroxyl groups is 1. The zero-order chi connectivity index (χ0) is 75.3. The van der Waals surface area contributed by atoms with E-state index in [2.05, 4.69) is 170 Å². The van der Waals surface area contributed by atoms with Crippen LogP contribution in [-0.2, 0) is 15.7 Å². The molecule has 1 saturated heterocycles. The molecular weight excluding hydrogens is 1510 g/mol. The topological polar surface area (TPSA) is 244 Å². The van der Waals surface area contributed by atoms with Crippen LogP contribution in [0.3, 0.4) is 0 Å². The largest absolute Gasteiger partial charge is 0.495 e. The van der Waals surface area contributed by atoms with Gasteiger partial charge in [-0.2, -0.15) is 30.2 Å². The number of nitriles is 4. The summed E-state index contributed by atoms with van der Waals surface area (Å²) in [6, 6.07) is 64.9. The van der Waals surface area contributed by atoms with E-state index in [9.17, 15) is 15.8 Å². The molecule has 4 N–H and O–H groups in total. The van der Waals surface area contributed by atoms with Gasteiger partial charge in [0.1, 0.15) is 37.6 Å². The van der Waals surface area contributed by atoms with Gasteiger partial charge in [0.15, 0.2) is 0 Å². The number of aryl methyl sites for hydroxylation is 1. The molecule has 0 bridgehead atoms. The fourth-order valence-electron chi connectivity index (χ4n) is 11.0. The molecule has 1 radical (unpaired) electrons. The minimum atomic E-state index is -0.468. The van der Waals surface area contributed by atoms with Crippen LogP contribution in [0.25, 0.3) is 54.7 Å². The third-order valence-electron chi connectivity index (χ3n) is 17.2. The van der Waals surface area contributed by atoms with E-state index >= 15 is 0 Å². The zero-order valence-electron chi connectivity index (χ0n) is 60.1. The van der Waals surface area contributed by atoms with E-state index in [1.807, 2.05) is 167 Å². The van der Waals surface area contributed by atoms with Crippen LogP contribution in [-0.4, -0.2) is 70.4 Å². The summed E-state index contributed by atoms with van der Waals surface area (Å²) < 4.78 is 25.9. The second-order valence-corrected chi connectivity index (χ2v) is 27.4. The average Bonchev–Trinajstić information content (AvgIpc) is 1.68. The van der Waals surface area contributed by atoms with Crippen molar-refractivity contribution in [2.45, 2.75) is 148 Å². The van der Waals surface area contributed by atoms with Crippen molar-refractivity contribution in [2.24, 2.45) is 0 Å². The van der Waals surface area contributed by atoms with E-state index in [0.717, 1.165) is 115 Å². The molecule has 4 atom stereocenters. The minimum absolute atomic E-state index is 0. The maximum absolute atomic E-state index is 9.72. The van der Waals surface area contributed by atoms with Gasteiger partial charge in [-0.15, -0.1) is 0 Å². The van der Waals surface area contributed by atoms with Crippen LogP contribution in [0.5, 0.6) is 5.75 Å². The van der Waals surface area contributed by atoms with E-state index in [1.165, 1.54) is 19.3 Å². The number of fused-ring (bicyclic) bond motifs is 4. The average molecular weight is 1610 g/mol. The van der Waals surface area contributed by atoms with Crippen LogP contribution in [0.2, 0.25) is 5.02 Å². The third-order valence-corrected chi connectivity index (χ3v) is 18.6. The predicted molar refractivity (Wildman–Crippen MR) is 464 cm³/mol. The molecule has 4 unspecified atom stereocenters. The Bertz CT molecular complexity index is 5110. The summed E-state index contributed by atoms with van der Waals surface area (Å²) in [5, 5.41) is 60.1. The minimum Gasteiger partial charge on any atom is -0.495 e. The summed E-state index contributed by atoms with van der Waals surface area (Å²) in [5.74, 6) is 0.778. The van der Waals surface area contributed by atoms with Gasteiger partial charge in [-0.3, -0.25) is 24.9 Å². The number of anilines is 3. The molecule has 1 fully saturated rings. The number of benzene rings is 7. The standard InChI is InChI=1S/C26H24N4O.C24H26BN3O2.C18H14BrN3.C10H4BrClN2.C3H8O.5CH4.BH3P/c1-4-23-25(31-3)13-20(15-28-23)19-10-11-24-22(12-19)26(21(14-27)16-29-24)30-17(2)18-8-6-5-7-9-18;1-16(17-9-7-6-8-10-17)28-22-18(14-26)15-27-21-12-11-19(13-20(21)22)25-29-23(2,3)24(4,5)30-25;1-12(13-5-3-2-4-6-13)22-18-14(10-20)11-21-17-8-7-15(19)9-16(17)18;11-7-1-2-9-8(3-7)10(12)6(4-13)5-14-9;1-3(2)4;;;;;;1-2/h5-13,15-17H,4H2,1-3H3,(H,29,30);6-13,15-16H,1-5H3,(H,27,28);2-9,11-12H,1H3,(H,21,22);1-3,5H;3-4H,1-2H3;5*1H4;1H,2H2/i;;;;;;;;;;1D. The molecule has 12 aromatic rings. The number of nitrogens with one attached hydrogen (secondary N) is 3. The third kappa shape index (κ3) is 23.1. The summed E-state index contributed by atoms with van der Waals surface area (Å²) >= 11 is 12.9. The second kappa shape index (κ2) is 43.2. The Hall–Kier alpha value is -9.82. The van der Waals surface area contributed by atoms with Gasteiger partial charge in [0, 0.05) is 91.3 Å². The molecule has 16 nitrogen and oxygen atoms in total. The molecule has 1 aliphatic rings. The number of aromatic nitrogens is 5. The highest BCUT2D eigenvalue weighted by molar-refractivity contribution is 9.10. The molecule has 0 amide bonds. The maximum atomic E-state index is 9.72. The number of halogens is 3. The Labute approximate surface area is 667 Å². The van der Waals surface area contributed by atoms with Crippen molar-refractivity contribution in [1.29, 1.82) is 22.4 Å². The molecule has 559 valence electrons. The SMILES string of the molecule is C.C.C.C.C.CC(C)O.CC(Nc1c(C#N)cnc2ccc(B3OC(C)(C)C(C)(C)O3)cc12)c1ccccc1.CC(Nc1c(C#N)cnc2ccc(Br)cc12)c1ccccc1.CCc1ncc(-c2ccc3ncc(C#N)c(NC(C)c4ccccc4)c3c2)cc1OC.N#Cc1cnc2ccc(Br)cc2c1Cl.[2H][B]P. The summed E-state index contributed by atoms with van der Waals surface area (Å²) in [6.45, 7) is 19.9. The van der Waals surface area contributed by atoms with Crippen LogP contribution < -0.4 is 26.2 Å². The van der Waals surface area contributed by atoms with Gasteiger partial charge in [-0.05, 0) is 158 Å². The monoisotopic (exact) mass is 1610 g/mol. The fraction of sp³-hybridized carbons (Fsp3) is 0.267. The summed E-state index contributed by atoms with van der Waals surface area (Å²) in [4.78, 5) is 22.0. The summed E-state index contributed by atoms with van der Waals surface area (Å²) in [5.41, 5.74) is 14.1. The van der Waals surface area contributed by atoms with Gasteiger partial charge in [0.2, 0.25) is 0 Å². The Morgan fingerprint density at radius 1 is 0.519 bits per heavy atom. The second-order valence-electron chi connectivity index (χ2n) is 25.1. The van der Waals surface area contributed by atoms with E-state index < -0.39 is 18.3 Å². The number of nitrogens with zero attached hydrogens (tertiary/aromatic N) is 9. The molecule has 0 spiro atoms. The molecule has 7 aromatic carbocycles. The predicted octanol–water partition coefficient (Wildman–Crippen LogP) is 22.3. The van der Waals surface area contributed by atoms with Gasteiger partial charge in [0.05, 0.1) is 90.4 Å². The van der Waals surface area contributed by atoms with Crippen molar-refractivity contribution in [2.75, 3.05) is 23.1 Å². The van der Waals surface area contributed by atoms with E-state index in [4.69, 9.17) is 37.4 Å². The Morgan fingerprint density at radius 3 is 1.24 bits per heavy atom. The van der Waals surface area contributed by atoms with E-state index in [1.54, 1.807) is 39.5 Å². The zero-order valence-corrected chi connectivity index (χ0v) is 64.2. The molecule has 1 aliphatic heterocycles. The molecule has 22 heteroatoms. The molecule has 13 rings (SSSR count). The molecule has 0 saturated carbocycles. The van der Waals surface area contributed by atoms with E-state index in [0.29, 0.717) is 27.3 Å². The number of methoxy groups -OCH3 is 1. The van der Waals surface area contributed by atoms with Crippen LogP contribution >= 0.6 is 52.6 Å². The van der Waals surface area contributed by atoms with Gasteiger partial charge in [-0.1, -0.05) is 197 Å². The smallest absolute Gasteiger partial charge is 0.494 e. The highest BCUT2D eigenvalue weighted by Crippen LogP contribution is 2.39. The number of rotatable bonds is 13. The molecule has 6 heterocycles. The van der Waals surface area contributed by atoms with Crippen LogP contribution in [0.4, 0.5) is 17.1 Å². The van der Waals surface area contributed by atoms with Gasteiger partial charge in [-0.25, -0.2) is 0 Å². The normalized spacial score (nSPS) is 12.6. The molecule has 5 aromatic heterocycles. The van der Waals surface area contributed by atoms with Crippen LogP contribution in [0.15, 0.2) is 210 Å². The summed E-state index contributed by atoms with van der Waals surface area (Å²) in [6.07, 6.45) is 8.86. The van der Waals surface area contributed by atoms with Gasteiger partial charge < -0.3 is 35.1 Å². The Kier molecular flexibility index (Phi) is 36.3. The molecular formula is C86H99B2Br2ClN12O4P. The van der Waals surface area contributed by atoms with Gasteiger partial charge >= 0.3 is 7.12 Å². The highest BCUT2D eigenvalue weighted by atomic mass is 79.9. The lowest BCUT2D eigenvalue weighted by atomic mass is 9.78. The molecule has 108 heavy (non-hydrogen) atoms. The number of aliphatic hydroxyl groups excluding tert-OH is 1. The molecule has 0 aliphatic carbocycles. The van der Waals surface area contributed by atoms with Crippen molar-refractivity contribution < 1.29 is 19.2 Å². The maximum Gasteiger partial charge on any atom is 0.494 e.